The molecule has 0 spiro atoms. The standard InChI is InChI=1S/C20H18N4O2S.ClHO/c25-20-14(19-22-15-4-1-2-5-16(15)27-19)12-13-6-7-17(23-18(13)26-20)24-10-3-8-21-9-11-24;1-2/h1-2,4-7,12,21H,3,8-11H2;2H. The molecule has 1 aliphatic rings. The highest BCUT2D eigenvalue weighted by molar-refractivity contribution is 7.21. The summed E-state index contributed by atoms with van der Waals surface area (Å²) in [6, 6.07) is 13.7. The smallest absolute Gasteiger partial charge is 0.347 e. The van der Waals surface area contributed by atoms with E-state index in [4.69, 9.17) is 9.08 Å². The number of para-hydroxylation sites is 1. The van der Waals surface area contributed by atoms with E-state index in [0.29, 0.717) is 16.3 Å². The molecule has 4 heterocycles. The van der Waals surface area contributed by atoms with Gasteiger partial charge in [-0.05, 0) is 43.3 Å². The van der Waals surface area contributed by atoms with E-state index < -0.39 is 5.63 Å². The Morgan fingerprint density at radius 3 is 2.83 bits per heavy atom. The zero-order valence-electron chi connectivity index (χ0n) is 15.5. The molecule has 1 saturated heterocycles. The second-order valence-corrected chi connectivity index (χ2v) is 7.62. The molecule has 1 aliphatic heterocycles. The van der Waals surface area contributed by atoms with Gasteiger partial charge in [0.1, 0.15) is 10.8 Å². The maximum absolute atomic E-state index is 12.6. The fraction of sp³-hybridized carbons (Fsp3) is 0.250. The minimum absolute atomic E-state index is 0.375. The number of hydrogen-bond acceptors (Lipinski definition) is 8. The van der Waals surface area contributed by atoms with Crippen LogP contribution < -0.4 is 15.8 Å². The molecule has 29 heavy (non-hydrogen) atoms. The minimum Gasteiger partial charge on any atom is -0.403 e. The highest BCUT2D eigenvalue weighted by Crippen LogP contribution is 2.30. The van der Waals surface area contributed by atoms with E-state index in [1.807, 2.05) is 42.5 Å². The molecule has 0 aliphatic carbocycles. The number of nitrogens with zero attached hydrogens (tertiary/aromatic N) is 3. The first-order chi connectivity index (χ1) is 14.3. The first kappa shape index (κ1) is 19.8. The fourth-order valence-electron chi connectivity index (χ4n) is 3.38. The highest BCUT2D eigenvalue weighted by atomic mass is 35.5. The van der Waals surface area contributed by atoms with Gasteiger partial charge in [-0.15, -0.1) is 11.3 Å². The van der Waals surface area contributed by atoms with Crippen molar-refractivity contribution in [1.29, 1.82) is 0 Å². The molecule has 150 valence electrons. The Morgan fingerprint density at radius 1 is 1.10 bits per heavy atom. The SMILES string of the molecule is O=c1oc2nc(N3CCCNCC3)ccc2cc1-c1nc2ccccc2s1.OCl. The average molecular weight is 431 g/mol. The first-order valence-corrected chi connectivity index (χ1v) is 10.4. The van der Waals surface area contributed by atoms with Crippen molar-refractivity contribution >= 4 is 50.3 Å². The number of fused-ring (bicyclic) bond motifs is 2. The third kappa shape index (κ3) is 4.11. The maximum Gasteiger partial charge on any atom is 0.347 e. The maximum atomic E-state index is 12.6. The molecule has 5 rings (SSSR count). The Bertz CT molecular complexity index is 1150. The molecule has 0 radical (unpaired) electrons. The van der Waals surface area contributed by atoms with E-state index in [1.165, 1.54) is 11.3 Å². The molecule has 0 unspecified atom stereocenters. The van der Waals surface area contributed by atoms with Crippen LogP contribution >= 0.6 is 23.2 Å². The van der Waals surface area contributed by atoms with Crippen LogP contribution in [0.15, 0.2) is 51.7 Å². The van der Waals surface area contributed by atoms with Gasteiger partial charge in [0.05, 0.1) is 27.6 Å². The molecule has 9 heteroatoms. The highest BCUT2D eigenvalue weighted by Gasteiger charge is 2.15. The van der Waals surface area contributed by atoms with Gasteiger partial charge in [0.15, 0.2) is 0 Å². The van der Waals surface area contributed by atoms with Crippen LogP contribution in [0.1, 0.15) is 6.42 Å². The summed E-state index contributed by atoms with van der Waals surface area (Å²) in [6.45, 7) is 3.79. The summed E-state index contributed by atoms with van der Waals surface area (Å²) in [5.74, 6) is 0.849. The van der Waals surface area contributed by atoms with Crippen molar-refractivity contribution < 1.29 is 9.08 Å². The van der Waals surface area contributed by atoms with Crippen molar-refractivity contribution in [2.24, 2.45) is 0 Å². The molecule has 0 bridgehead atoms. The Kier molecular flexibility index (Phi) is 6.05. The van der Waals surface area contributed by atoms with E-state index in [1.54, 1.807) is 0 Å². The third-order valence-corrected chi connectivity index (χ3v) is 5.84. The summed E-state index contributed by atoms with van der Waals surface area (Å²) in [5.41, 5.74) is 1.35. The van der Waals surface area contributed by atoms with Gasteiger partial charge >= 0.3 is 5.63 Å². The molecular formula is C20H19ClN4O3S. The van der Waals surface area contributed by atoms with Gasteiger partial charge in [0.2, 0.25) is 5.71 Å². The van der Waals surface area contributed by atoms with Crippen LogP contribution in [0.5, 0.6) is 0 Å². The van der Waals surface area contributed by atoms with Crippen LogP contribution in [-0.4, -0.2) is 40.8 Å². The number of hydrogen-bond donors (Lipinski definition) is 2. The number of benzene rings is 1. The molecule has 0 amide bonds. The molecule has 7 nitrogen and oxygen atoms in total. The number of aromatic nitrogens is 2. The fourth-order valence-corrected chi connectivity index (χ4v) is 4.35. The molecule has 0 atom stereocenters. The van der Waals surface area contributed by atoms with Gasteiger partial charge < -0.3 is 14.6 Å². The molecule has 1 fully saturated rings. The largest absolute Gasteiger partial charge is 0.403 e. The summed E-state index contributed by atoms with van der Waals surface area (Å²) in [5, 5.41) is 4.86. The summed E-state index contributed by atoms with van der Waals surface area (Å²) in [7, 11) is 0. The second kappa shape index (κ2) is 8.87. The lowest BCUT2D eigenvalue weighted by Crippen LogP contribution is -2.28. The van der Waals surface area contributed by atoms with Gasteiger partial charge in [-0.1, -0.05) is 12.1 Å². The lowest BCUT2D eigenvalue weighted by atomic mass is 10.2. The Morgan fingerprint density at radius 2 is 1.97 bits per heavy atom. The lowest BCUT2D eigenvalue weighted by Gasteiger charge is -2.20. The van der Waals surface area contributed by atoms with Crippen LogP contribution in [-0.2, 0) is 0 Å². The monoisotopic (exact) mass is 430 g/mol. The van der Waals surface area contributed by atoms with Crippen molar-refractivity contribution in [2.75, 3.05) is 31.1 Å². The van der Waals surface area contributed by atoms with Crippen molar-refractivity contribution in [2.45, 2.75) is 6.42 Å². The van der Waals surface area contributed by atoms with E-state index in [-0.39, 0.29) is 0 Å². The molecule has 4 aromatic rings. The average Bonchev–Trinajstić information content (AvgIpc) is 3.00. The molecular weight excluding hydrogens is 412 g/mol. The Balaban J connectivity index is 0.000000994. The minimum atomic E-state index is -0.399. The zero-order chi connectivity index (χ0) is 20.2. The Hall–Kier alpha value is -2.52. The van der Waals surface area contributed by atoms with Gasteiger partial charge in [0, 0.05) is 25.0 Å². The normalized spacial score (nSPS) is 14.5. The summed E-state index contributed by atoms with van der Waals surface area (Å²) < 4.78 is 13.1. The predicted octanol–water partition coefficient (Wildman–Crippen LogP) is 3.40. The van der Waals surface area contributed by atoms with Gasteiger partial charge in [-0.2, -0.15) is 4.98 Å². The number of halogens is 1. The number of rotatable bonds is 2. The molecule has 0 saturated carbocycles. The predicted molar refractivity (Wildman–Crippen MR) is 117 cm³/mol. The summed E-state index contributed by atoms with van der Waals surface area (Å²) in [4.78, 5) is 24.0. The van der Waals surface area contributed by atoms with E-state index in [0.717, 1.165) is 54.0 Å². The number of nitrogens with one attached hydrogen (secondary N) is 1. The lowest BCUT2D eigenvalue weighted by molar-refractivity contribution is 0.551. The molecule has 1 aromatic carbocycles. The van der Waals surface area contributed by atoms with Crippen molar-refractivity contribution in [3.63, 3.8) is 0 Å². The zero-order valence-corrected chi connectivity index (χ0v) is 17.0. The van der Waals surface area contributed by atoms with E-state index in [2.05, 4.69) is 32.1 Å². The second-order valence-electron chi connectivity index (χ2n) is 6.59. The molecule has 3 aromatic heterocycles. The van der Waals surface area contributed by atoms with Gasteiger partial charge in [0.25, 0.3) is 0 Å². The number of anilines is 1. The molecule has 2 N–H and O–H groups in total. The van der Waals surface area contributed by atoms with Crippen molar-refractivity contribution in [1.82, 2.24) is 15.3 Å². The van der Waals surface area contributed by atoms with Crippen LogP contribution in [0.4, 0.5) is 5.82 Å². The van der Waals surface area contributed by atoms with Crippen LogP contribution in [0.25, 0.3) is 31.9 Å². The quantitative estimate of drug-likeness (QED) is 0.503. The van der Waals surface area contributed by atoms with Gasteiger partial charge in [-0.25, -0.2) is 9.78 Å². The van der Waals surface area contributed by atoms with E-state index >= 15 is 0 Å². The summed E-state index contributed by atoms with van der Waals surface area (Å²) >= 11 is 5.13. The van der Waals surface area contributed by atoms with Crippen LogP contribution in [0, 0.1) is 0 Å². The third-order valence-electron chi connectivity index (χ3n) is 4.77. The Labute approximate surface area is 175 Å². The number of pyridine rings is 1. The van der Waals surface area contributed by atoms with E-state index in [9.17, 15) is 4.79 Å². The topological polar surface area (TPSA) is 91.5 Å². The first-order valence-electron chi connectivity index (χ1n) is 9.21. The van der Waals surface area contributed by atoms with Crippen LogP contribution in [0.2, 0.25) is 0 Å². The summed E-state index contributed by atoms with van der Waals surface area (Å²) in [6.07, 6.45) is 1.07. The van der Waals surface area contributed by atoms with Crippen molar-refractivity contribution in [3.8, 4) is 10.6 Å². The van der Waals surface area contributed by atoms with Crippen molar-refractivity contribution in [3.05, 3.63) is 52.9 Å². The van der Waals surface area contributed by atoms with Gasteiger partial charge in [-0.3, -0.25) is 4.66 Å². The van der Waals surface area contributed by atoms with Crippen LogP contribution in [0.3, 0.4) is 0 Å². The number of thiazole rings is 1.